The summed E-state index contributed by atoms with van der Waals surface area (Å²) in [6, 6.07) is 0. The van der Waals surface area contributed by atoms with Crippen LogP contribution in [-0.4, -0.2) is 37.0 Å². The molecule has 0 aliphatic heterocycles. The van der Waals surface area contributed by atoms with E-state index in [0.29, 0.717) is 12.8 Å². The highest BCUT2D eigenvalue weighted by Gasteiger charge is 2.09. The predicted octanol–water partition coefficient (Wildman–Crippen LogP) is -0.697. The van der Waals surface area contributed by atoms with E-state index in [-0.39, 0.29) is 0 Å². The third-order valence-corrected chi connectivity index (χ3v) is 0.847. The zero-order valence-corrected chi connectivity index (χ0v) is 7.89. The molecule has 0 spiro atoms. The van der Waals surface area contributed by atoms with E-state index in [9.17, 15) is 4.79 Å². The van der Waals surface area contributed by atoms with Crippen LogP contribution in [0.25, 0.3) is 0 Å². The lowest BCUT2D eigenvalue weighted by molar-refractivity contribution is -0.146. The van der Waals surface area contributed by atoms with Crippen molar-refractivity contribution in [2.24, 2.45) is 0 Å². The lowest BCUT2D eigenvalue weighted by Crippen LogP contribution is -2.18. The topological polar surface area (TPSA) is 135 Å². The number of hydrogen-bond acceptors (Lipinski definition) is 3. The van der Waals surface area contributed by atoms with E-state index in [1.807, 2.05) is 6.92 Å². The molecule has 0 saturated heterocycles. The summed E-state index contributed by atoms with van der Waals surface area (Å²) < 4.78 is 8.88. The van der Waals surface area contributed by atoms with Crippen LogP contribution >= 0.6 is 7.82 Å². The lowest BCUT2D eigenvalue weighted by atomic mass is 10.2. The van der Waals surface area contributed by atoms with Crippen molar-refractivity contribution in [1.29, 1.82) is 0 Å². The number of hydrogen-bond donors (Lipinski definition) is 5. The highest BCUT2D eigenvalue weighted by Crippen LogP contribution is 2.25. The first-order valence-corrected chi connectivity index (χ1v) is 4.94. The van der Waals surface area contributed by atoms with Gasteiger partial charge in [-0.2, -0.15) is 0 Å². The molecule has 0 amide bonds. The van der Waals surface area contributed by atoms with E-state index >= 15 is 0 Å². The van der Waals surface area contributed by atoms with Crippen LogP contribution in [0.4, 0.5) is 0 Å². The molecule has 0 rings (SSSR count). The van der Waals surface area contributed by atoms with Gasteiger partial charge in [-0.1, -0.05) is 13.3 Å². The second-order valence-electron chi connectivity index (χ2n) is 2.16. The summed E-state index contributed by atoms with van der Waals surface area (Å²) in [6.45, 7) is 1.83. The molecule has 0 aromatic rings. The zero-order valence-electron chi connectivity index (χ0n) is 6.99. The minimum Gasteiger partial charge on any atom is -0.479 e. The molecule has 80 valence electrons. The maximum absolute atomic E-state index is 9.84. The van der Waals surface area contributed by atoms with Crippen LogP contribution in [0.15, 0.2) is 0 Å². The first-order chi connectivity index (χ1) is 5.68. The normalized spacial score (nSPS) is 12.7. The Morgan fingerprint density at radius 3 is 1.77 bits per heavy atom. The molecule has 1 unspecified atom stereocenters. The van der Waals surface area contributed by atoms with Gasteiger partial charge in [0, 0.05) is 0 Å². The van der Waals surface area contributed by atoms with Crippen molar-refractivity contribution in [1.82, 2.24) is 0 Å². The Labute approximate surface area is 74.9 Å². The summed E-state index contributed by atoms with van der Waals surface area (Å²) in [6.07, 6.45) is -0.122. The molecule has 5 N–H and O–H groups in total. The molecule has 0 radical (unpaired) electrons. The van der Waals surface area contributed by atoms with Gasteiger partial charge in [-0.05, 0) is 6.42 Å². The van der Waals surface area contributed by atoms with Gasteiger partial charge in [-0.25, -0.2) is 9.36 Å². The van der Waals surface area contributed by atoms with Crippen LogP contribution in [0.5, 0.6) is 0 Å². The quantitative estimate of drug-likeness (QED) is 0.393. The van der Waals surface area contributed by atoms with Crippen molar-refractivity contribution in [2.45, 2.75) is 25.9 Å². The Bertz CT molecular complexity index is 177. The maximum atomic E-state index is 9.84. The molecular formula is C5H13O7P. The third kappa shape index (κ3) is 24.6. The van der Waals surface area contributed by atoms with Gasteiger partial charge in [0.2, 0.25) is 0 Å². The smallest absolute Gasteiger partial charge is 0.466 e. The Balaban J connectivity index is 0. The Hall–Kier alpha value is -0.460. The number of aliphatic hydroxyl groups excluding tert-OH is 1. The highest BCUT2D eigenvalue weighted by atomic mass is 31.2. The summed E-state index contributed by atoms with van der Waals surface area (Å²) >= 11 is 0. The third-order valence-electron chi connectivity index (χ3n) is 0.847. The SMILES string of the molecule is CCCC(O)C(=O)O.O=P(O)(O)O. The summed E-state index contributed by atoms with van der Waals surface area (Å²) in [4.78, 5) is 31.4. The van der Waals surface area contributed by atoms with Crippen molar-refractivity contribution < 1.29 is 34.3 Å². The molecule has 0 fully saturated rings. The van der Waals surface area contributed by atoms with Crippen LogP contribution in [0.3, 0.4) is 0 Å². The van der Waals surface area contributed by atoms with Gasteiger partial charge in [-0.3, -0.25) is 0 Å². The molecular weight excluding hydrogens is 203 g/mol. The van der Waals surface area contributed by atoms with E-state index in [1.165, 1.54) is 0 Å². The Morgan fingerprint density at radius 2 is 1.69 bits per heavy atom. The molecule has 0 aromatic heterocycles. The molecule has 1 atom stereocenters. The van der Waals surface area contributed by atoms with E-state index < -0.39 is 19.9 Å². The molecule has 8 heteroatoms. The van der Waals surface area contributed by atoms with Crippen LogP contribution in [-0.2, 0) is 9.36 Å². The van der Waals surface area contributed by atoms with Crippen molar-refractivity contribution in [3.8, 4) is 0 Å². The van der Waals surface area contributed by atoms with Gasteiger partial charge < -0.3 is 24.9 Å². The molecule has 0 aliphatic rings. The van der Waals surface area contributed by atoms with Crippen LogP contribution in [0.2, 0.25) is 0 Å². The van der Waals surface area contributed by atoms with Crippen molar-refractivity contribution in [2.75, 3.05) is 0 Å². The largest absolute Gasteiger partial charge is 0.479 e. The second-order valence-corrected chi connectivity index (χ2v) is 3.18. The predicted molar refractivity (Wildman–Crippen MR) is 42.8 cm³/mol. The standard InChI is InChI=1S/C5H10O3.H3O4P/c1-2-3-4(6)5(7)8;1-5(2,3)4/h4,6H,2-3H2,1H3,(H,7,8);(H3,1,2,3,4). The number of rotatable bonds is 3. The second kappa shape index (κ2) is 6.99. The number of carboxylic acid groups (broad SMARTS) is 1. The average Bonchev–Trinajstić information content (AvgIpc) is 1.84. The fraction of sp³-hybridized carbons (Fsp3) is 0.800. The van der Waals surface area contributed by atoms with E-state index in [0.717, 1.165) is 0 Å². The molecule has 0 heterocycles. The minimum absolute atomic E-state index is 0.343. The number of aliphatic carboxylic acids is 1. The van der Waals surface area contributed by atoms with Crippen molar-refractivity contribution in [3.63, 3.8) is 0 Å². The van der Waals surface area contributed by atoms with Gasteiger partial charge in [-0.15, -0.1) is 0 Å². The fourth-order valence-corrected chi connectivity index (χ4v) is 0.397. The number of carbonyl (C=O) groups is 1. The van der Waals surface area contributed by atoms with Gasteiger partial charge in [0.25, 0.3) is 0 Å². The molecule has 0 aliphatic carbocycles. The summed E-state index contributed by atoms with van der Waals surface area (Å²) in [7, 11) is -4.64. The molecule has 13 heavy (non-hydrogen) atoms. The van der Waals surface area contributed by atoms with Crippen LogP contribution < -0.4 is 0 Å². The molecule has 0 aromatic carbocycles. The van der Waals surface area contributed by atoms with Gasteiger partial charge in [0.1, 0.15) is 0 Å². The lowest BCUT2D eigenvalue weighted by Gasteiger charge is -1.99. The molecule has 0 saturated carbocycles. The Morgan fingerprint density at radius 1 is 1.38 bits per heavy atom. The monoisotopic (exact) mass is 216 g/mol. The van der Waals surface area contributed by atoms with Gasteiger partial charge in [0.15, 0.2) is 6.10 Å². The number of aliphatic hydroxyl groups is 1. The van der Waals surface area contributed by atoms with Crippen LogP contribution in [0.1, 0.15) is 19.8 Å². The average molecular weight is 216 g/mol. The van der Waals surface area contributed by atoms with Crippen molar-refractivity contribution >= 4 is 13.8 Å². The highest BCUT2D eigenvalue weighted by molar-refractivity contribution is 7.45. The summed E-state index contributed by atoms with van der Waals surface area (Å²) in [5, 5.41) is 16.6. The summed E-state index contributed by atoms with van der Waals surface area (Å²) in [5.41, 5.74) is 0. The van der Waals surface area contributed by atoms with E-state index in [1.54, 1.807) is 0 Å². The number of phosphoric acid groups is 1. The first-order valence-electron chi connectivity index (χ1n) is 3.37. The maximum Gasteiger partial charge on any atom is 0.466 e. The van der Waals surface area contributed by atoms with Crippen LogP contribution in [0, 0.1) is 0 Å². The van der Waals surface area contributed by atoms with E-state index in [2.05, 4.69) is 0 Å². The number of carboxylic acids is 1. The summed E-state index contributed by atoms with van der Waals surface area (Å²) in [5.74, 6) is -1.13. The van der Waals surface area contributed by atoms with Gasteiger partial charge in [0.05, 0.1) is 0 Å². The van der Waals surface area contributed by atoms with Gasteiger partial charge >= 0.3 is 13.8 Å². The van der Waals surface area contributed by atoms with E-state index in [4.69, 9.17) is 29.5 Å². The first kappa shape index (κ1) is 15.0. The fourth-order valence-electron chi connectivity index (χ4n) is 0.397. The zero-order chi connectivity index (χ0) is 11.1. The minimum atomic E-state index is -4.64. The molecule has 0 bridgehead atoms. The van der Waals surface area contributed by atoms with Crippen molar-refractivity contribution in [3.05, 3.63) is 0 Å². The molecule has 7 nitrogen and oxygen atoms in total. The Kier molecular flexibility index (Phi) is 8.09.